The van der Waals surface area contributed by atoms with Crippen molar-refractivity contribution in [3.05, 3.63) is 44.7 Å². The van der Waals surface area contributed by atoms with Crippen LogP contribution in [-0.2, 0) is 25.1 Å². The Hall–Kier alpha value is -2.36. The van der Waals surface area contributed by atoms with Crippen LogP contribution < -0.4 is 10.3 Å². The molecule has 0 bridgehead atoms. The molecule has 0 unspecified atom stereocenters. The molecule has 1 saturated carbocycles. The molecular formula is C24H26ClNO7S. The van der Waals surface area contributed by atoms with Crippen molar-refractivity contribution in [3.8, 4) is 17.0 Å². The molecule has 3 heterocycles. The molecule has 1 atom stereocenters. The lowest BCUT2D eigenvalue weighted by Crippen LogP contribution is -2.32. The van der Waals surface area contributed by atoms with Crippen molar-refractivity contribution in [2.75, 3.05) is 13.2 Å². The predicted octanol–water partition coefficient (Wildman–Crippen LogP) is 3.91. The molecule has 2 aromatic rings. The summed E-state index contributed by atoms with van der Waals surface area (Å²) in [6.07, 6.45) is 2.93. The Balaban J connectivity index is 1.63. The van der Waals surface area contributed by atoms with Gasteiger partial charge in [-0.05, 0) is 57.2 Å². The van der Waals surface area contributed by atoms with Gasteiger partial charge in [0.2, 0.25) is 0 Å². The molecule has 0 amide bonds. The van der Waals surface area contributed by atoms with E-state index in [0.29, 0.717) is 23.4 Å². The SMILES string of the molecule is CC(C)OC(=O)c1cc2c(n(C3CC3)c1=O)-c1cc(Cl)c(OC[C@@H]3CCCO3)cc1S(=O)(=O)C2. The van der Waals surface area contributed by atoms with E-state index in [1.54, 1.807) is 24.5 Å². The molecule has 3 aliphatic rings. The second-order valence-corrected chi connectivity index (χ2v) is 11.6. The fourth-order valence-corrected chi connectivity index (χ4v) is 6.32. The highest BCUT2D eigenvalue weighted by atomic mass is 35.5. The Labute approximate surface area is 202 Å². The fraction of sp³-hybridized carbons (Fsp3) is 0.500. The molecular weight excluding hydrogens is 482 g/mol. The van der Waals surface area contributed by atoms with Crippen LogP contribution >= 0.6 is 11.6 Å². The van der Waals surface area contributed by atoms with E-state index in [1.807, 2.05) is 0 Å². The molecule has 2 fully saturated rings. The van der Waals surface area contributed by atoms with E-state index in [-0.39, 0.29) is 45.7 Å². The van der Waals surface area contributed by atoms with Crippen LogP contribution in [0.1, 0.15) is 61.5 Å². The summed E-state index contributed by atoms with van der Waals surface area (Å²) in [5.74, 6) is -0.825. The summed E-state index contributed by atoms with van der Waals surface area (Å²) in [6.45, 7) is 4.35. The molecule has 1 aromatic carbocycles. The number of sulfone groups is 1. The van der Waals surface area contributed by atoms with Crippen molar-refractivity contribution < 1.29 is 27.4 Å². The molecule has 0 radical (unpaired) electrons. The van der Waals surface area contributed by atoms with Gasteiger partial charge in [-0.3, -0.25) is 4.79 Å². The minimum absolute atomic E-state index is 0.0477. The Morgan fingerprint density at radius 1 is 1.24 bits per heavy atom. The van der Waals surface area contributed by atoms with Gasteiger partial charge in [0.15, 0.2) is 9.84 Å². The number of nitrogens with zero attached hydrogens (tertiary/aromatic N) is 1. The average Bonchev–Trinajstić information content (AvgIpc) is 3.46. The Morgan fingerprint density at radius 3 is 2.65 bits per heavy atom. The minimum Gasteiger partial charge on any atom is -0.489 e. The van der Waals surface area contributed by atoms with Crippen LogP contribution in [0.25, 0.3) is 11.3 Å². The molecule has 0 spiro atoms. The minimum atomic E-state index is -3.77. The van der Waals surface area contributed by atoms with E-state index >= 15 is 0 Å². The van der Waals surface area contributed by atoms with Crippen LogP contribution in [0, 0.1) is 0 Å². The van der Waals surface area contributed by atoms with Gasteiger partial charge in [-0.2, -0.15) is 0 Å². The molecule has 10 heteroatoms. The summed E-state index contributed by atoms with van der Waals surface area (Å²) in [5, 5.41) is 0.248. The maximum atomic E-state index is 13.4. The van der Waals surface area contributed by atoms with E-state index in [0.717, 1.165) is 25.7 Å². The maximum Gasteiger partial charge on any atom is 0.344 e. The van der Waals surface area contributed by atoms with Crippen molar-refractivity contribution >= 4 is 27.4 Å². The zero-order valence-electron chi connectivity index (χ0n) is 19.0. The monoisotopic (exact) mass is 507 g/mol. The van der Waals surface area contributed by atoms with Crippen LogP contribution in [0.15, 0.2) is 27.9 Å². The lowest BCUT2D eigenvalue weighted by atomic mass is 10.0. The fourth-order valence-electron chi connectivity index (χ4n) is 4.54. The van der Waals surface area contributed by atoms with Crippen molar-refractivity contribution in [1.29, 1.82) is 0 Å². The van der Waals surface area contributed by atoms with Gasteiger partial charge in [0.25, 0.3) is 5.56 Å². The lowest BCUT2D eigenvalue weighted by Gasteiger charge is -2.26. The van der Waals surface area contributed by atoms with Crippen molar-refractivity contribution in [3.63, 3.8) is 0 Å². The molecule has 2 aliphatic heterocycles. The molecule has 0 N–H and O–H groups in total. The van der Waals surface area contributed by atoms with Gasteiger partial charge in [-0.1, -0.05) is 11.6 Å². The highest BCUT2D eigenvalue weighted by Crippen LogP contribution is 2.46. The van der Waals surface area contributed by atoms with Gasteiger partial charge in [0, 0.05) is 24.3 Å². The summed E-state index contributed by atoms with van der Waals surface area (Å²) < 4.78 is 44.7. The number of ether oxygens (including phenoxy) is 3. The van der Waals surface area contributed by atoms with Crippen LogP contribution in [-0.4, -0.2) is 44.4 Å². The molecule has 1 saturated heterocycles. The van der Waals surface area contributed by atoms with Gasteiger partial charge in [-0.15, -0.1) is 0 Å². The van der Waals surface area contributed by atoms with E-state index in [1.165, 1.54) is 12.1 Å². The molecule has 34 heavy (non-hydrogen) atoms. The molecule has 5 rings (SSSR count). The largest absolute Gasteiger partial charge is 0.489 e. The summed E-state index contributed by atoms with van der Waals surface area (Å²) in [5.41, 5.74) is 0.598. The van der Waals surface area contributed by atoms with Gasteiger partial charge in [0.05, 0.1) is 33.6 Å². The maximum absolute atomic E-state index is 13.4. The topological polar surface area (TPSA) is 101 Å². The first-order chi connectivity index (χ1) is 16.2. The first-order valence-electron chi connectivity index (χ1n) is 11.5. The quantitative estimate of drug-likeness (QED) is 0.546. The third-order valence-corrected chi connectivity index (χ3v) is 8.20. The summed E-state index contributed by atoms with van der Waals surface area (Å²) in [6, 6.07) is 4.24. The molecule has 182 valence electrons. The lowest BCUT2D eigenvalue weighted by molar-refractivity contribution is 0.0375. The smallest absolute Gasteiger partial charge is 0.344 e. The predicted molar refractivity (Wildman–Crippen MR) is 125 cm³/mol. The number of hydrogen-bond donors (Lipinski definition) is 0. The number of halogens is 1. The van der Waals surface area contributed by atoms with Gasteiger partial charge < -0.3 is 18.8 Å². The Bertz CT molecular complexity index is 1320. The van der Waals surface area contributed by atoms with Gasteiger partial charge in [-0.25, -0.2) is 13.2 Å². The average molecular weight is 508 g/mol. The standard InChI is InChI=1S/C24H26ClNO7S/c1-13(2)33-24(28)18-8-14-12-34(29,30)21-10-20(32-11-16-4-3-7-31-16)19(25)9-17(21)22(14)26(23(18)27)15-5-6-15/h8-10,13,15-16H,3-7,11-12H2,1-2H3/t16-/m0/s1. The molecule has 8 nitrogen and oxygen atoms in total. The number of hydrogen-bond acceptors (Lipinski definition) is 7. The van der Waals surface area contributed by atoms with Gasteiger partial charge in [0.1, 0.15) is 17.9 Å². The van der Waals surface area contributed by atoms with Crippen molar-refractivity contribution in [1.82, 2.24) is 4.57 Å². The van der Waals surface area contributed by atoms with Gasteiger partial charge >= 0.3 is 5.97 Å². The number of esters is 1. The third kappa shape index (κ3) is 4.25. The summed E-state index contributed by atoms with van der Waals surface area (Å²) >= 11 is 6.51. The number of carbonyl (C=O) groups is 1. The highest BCUT2D eigenvalue weighted by Gasteiger charge is 2.38. The van der Waals surface area contributed by atoms with Crippen LogP contribution in [0.4, 0.5) is 0 Å². The first kappa shape index (κ1) is 23.4. The second kappa shape index (κ2) is 8.70. The number of benzene rings is 1. The molecule has 1 aromatic heterocycles. The van der Waals surface area contributed by atoms with Crippen LogP contribution in [0.2, 0.25) is 5.02 Å². The van der Waals surface area contributed by atoms with Crippen LogP contribution in [0.3, 0.4) is 0 Å². The molecule has 1 aliphatic carbocycles. The number of fused-ring (bicyclic) bond motifs is 3. The Kier molecular flexibility index (Phi) is 5.98. The van der Waals surface area contributed by atoms with Crippen LogP contribution in [0.5, 0.6) is 5.75 Å². The van der Waals surface area contributed by atoms with Crippen molar-refractivity contribution in [2.45, 2.75) is 68.4 Å². The summed E-state index contributed by atoms with van der Waals surface area (Å²) in [4.78, 5) is 26.0. The van der Waals surface area contributed by atoms with E-state index in [2.05, 4.69) is 0 Å². The van der Waals surface area contributed by atoms with E-state index in [9.17, 15) is 18.0 Å². The first-order valence-corrected chi connectivity index (χ1v) is 13.5. The zero-order valence-corrected chi connectivity index (χ0v) is 20.6. The second-order valence-electron chi connectivity index (χ2n) is 9.28. The number of carbonyl (C=O) groups excluding carboxylic acids is 1. The summed E-state index contributed by atoms with van der Waals surface area (Å²) in [7, 11) is -3.77. The Morgan fingerprint density at radius 2 is 2.00 bits per heavy atom. The normalized spacial score (nSPS) is 20.6. The van der Waals surface area contributed by atoms with E-state index in [4.69, 9.17) is 25.8 Å². The number of rotatable bonds is 6. The third-order valence-electron chi connectivity index (χ3n) is 6.21. The van der Waals surface area contributed by atoms with E-state index < -0.39 is 27.5 Å². The highest BCUT2D eigenvalue weighted by molar-refractivity contribution is 7.90. The number of aromatic nitrogens is 1. The zero-order chi connectivity index (χ0) is 24.2. The number of pyridine rings is 1. The van der Waals surface area contributed by atoms with Crippen molar-refractivity contribution in [2.24, 2.45) is 0 Å².